The Kier molecular flexibility index (Phi) is 2.62. The maximum Gasteiger partial charge on any atom is 0.0406 e. The zero-order valence-electron chi connectivity index (χ0n) is 5.70. The molecule has 52 valence electrons. The van der Waals surface area contributed by atoms with Gasteiger partial charge in [0.2, 0.25) is 0 Å². The van der Waals surface area contributed by atoms with Gasteiger partial charge in [-0.1, -0.05) is 12.5 Å². The molecular formula is C8H9N2-. The Hall–Kier alpha value is -1.18. The van der Waals surface area contributed by atoms with E-state index in [1.165, 1.54) is 0 Å². The van der Waals surface area contributed by atoms with E-state index in [9.17, 15) is 0 Å². The molecule has 0 aliphatic heterocycles. The van der Waals surface area contributed by atoms with E-state index in [2.05, 4.69) is 4.98 Å². The summed E-state index contributed by atoms with van der Waals surface area (Å²) < 4.78 is 0. The minimum Gasteiger partial charge on any atom is -0.814 e. The van der Waals surface area contributed by atoms with Crippen molar-refractivity contribution in [2.24, 2.45) is 0 Å². The lowest BCUT2D eigenvalue weighted by Gasteiger charge is -1.95. The third kappa shape index (κ3) is 1.97. The fourth-order valence-electron chi connectivity index (χ4n) is 0.758. The van der Waals surface area contributed by atoms with Gasteiger partial charge in [-0.15, -0.1) is 0 Å². The van der Waals surface area contributed by atoms with Crippen LogP contribution in [-0.2, 0) is 6.42 Å². The topological polar surface area (TPSA) is 35.2 Å². The third-order valence-corrected chi connectivity index (χ3v) is 1.26. The first kappa shape index (κ1) is 6.93. The second-order valence-electron chi connectivity index (χ2n) is 2.04. The molecule has 0 spiro atoms. The van der Waals surface area contributed by atoms with Gasteiger partial charge in [0.1, 0.15) is 0 Å². The van der Waals surface area contributed by atoms with Crippen molar-refractivity contribution < 1.29 is 0 Å². The number of hydrogen-bond acceptors (Lipinski definition) is 1. The fraction of sp³-hybridized carbons (Fsp3) is 0.250. The van der Waals surface area contributed by atoms with E-state index >= 15 is 0 Å². The highest BCUT2D eigenvalue weighted by Gasteiger charge is 1.86. The number of nitrogens with zero attached hydrogens (tertiary/aromatic N) is 2. The lowest BCUT2D eigenvalue weighted by atomic mass is 10.2. The summed E-state index contributed by atoms with van der Waals surface area (Å²) in [5.74, 6) is 0. The molecule has 0 saturated carbocycles. The van der Waals surface area contributed by atoms with Gasteiger partial charge in [0, 0.05) is 11.9 Å². The molecule has 10 heavy (non-hydrogen) atoms. The maximum absolute atomic E-state index is 8.37. The van der Waals surface area contributed by atoms with E-state index in [0.717, 1.165) is 18.3 Å². The maximum atomic E-state index is 8.37. The number of hydrogen-bond donors (Lipinski definition) is 0. The van der Waals surface area contributed by atoms with Gasteiger partial charge in [-0.05, 0) is 18.6 Å². The average Bonchev–Trinajstić information content (AvgIpc) is 2.03. The molecule has 0 aliphatic carbocycles. The van der Waals surface area contributed by atoms with Gasteiger partial charge in [0.15, 0.2) is 0 Å². The minimum atomic E-state index is 0.678. The smallest absolute Gasteiger partial charge is 0.0406 e. The number of aryl methyl sites for hydroxylation is 1. The summed E-state index contributed by atoms with van der Waals surface area (Å²) in [6.45, 7) is 0. The van der Waals surface area contributed by atoms with Crippen LogP contribution < -0.4 is 0 Å². The molecule has 2 heteroatoms. The summed E-state index contributed by atoms with van der Waals surface area (Å²) in [6.07, 6.45) is 4.41. The minimum absolute atomic E-state index is 0.678. The largest absolute Gasteiger partial charge is 0.814 e. The summed E-state index contributed by atoms with van der Waals surface area (Å²) in [6, 6.07) is 5.77. The van der Waals surface area contributed by atoms with E-state index in [0.29, 0.717) is 6.42 Å². The first-order valence-corrected chi connectivity index (χ1v) is 3.29. The molecule has 1 aromatic rings. The molecule has 0 amide bonds. The van der Waals surface area contributed by atoms with Gasteiger partial charge < -0.3 is 5.41 Å². The van der Waals surface area contributed by atoms with Crippen LogP contribution in [0.5, 0.6) is 0 Å². The molecule has 0 aliphatic rings. The van der Waals surface area contributed by atoms with Crippen molar-refractivity contribution in [3.63, 3.8) is 0 Å². The third-order valence-electron chi connectivity index (χ3n) is 1.26. The van der Waals surface area contributed by atoms with Gasteiger partial charge in [-0.2, -0.15) is 0 Å². The molecule has 0 atom stereocenters. The van der Waals surface area contributed by atoms with Crippen molar-refractivity contribution in [1.29, 1.82) is 0 Å². The van der Waals surface area contributed by atoms with E-state index in [1.807, 2.05) is 18.2 Å². The zero-order valence-corrected chi connectivity index (χ0v) is 5.70. The molecule has 1 aromatic heterocycles. The zero-order chi connectivity index (χ0) is 7.23. The Bertz CT molecular complexity index is 194. The second-order valence-corrected chi connectivity index (χ2v) is 2.04. The predicted molar refractivity (Wildman–Crippen MR) is 42.0 cm³/mol. The average molecular weight is 133 g/mol. The van der Waals surface area contributed by atoms with Gasteiger partial charge in [-0.3, -0.25) is 4.98 Å². The highest BCUT2D eigenvalue weighted by molar-refractivity contribution is 5.60. The standard InChI is InChI=1S/C8H9N2/c9-6-3-5-8-4-1-2-7-10-8/h1-2,4,6-7H,3,5H2/q-1. The Balaban J connectivity index is 2.50. The Morgan fingerprint density at radius 3 is 3.00 bits per heavy atom. The number of aromatic nitrogens is 1. The van der Waals surface area contributed by atoms with Crippen LogP contribution in [0.2, 0.25) is 0 Å². The molecule has 0 radical (unpaired) electrons. The van der Waals surface area contributed by atoms with E-state index < -0.39 is 0 Å². The SMILES string of the molecule is [N-]=CCCc1ccccn1. The van der Waals surface area contributed by atoms with Gasteiger partial charge >= 0.3 is 0 Å². The summed E-state index contributed by atoms with van der Waals surface area (Å²) in [4.78, 5) is 4.09. The molecule has 0 saturated heterocycles. The van der Waals surface area contributed by atoms with Crippen molar-refractivity contribution in [2.45, 2.75) is 12.8 Å². The van der Waals surface area contributed by atoms with Crippen molar-refractivity contribution in [3.8, 4) is 0 Å². The molecular weight excluding hydrogens is 124 g/mol. The quantitative estimate of drug-likeness (QED) is 0.577. The molecule has 0 fully saturated rings. The Morgan fingerprint density at radius 1 is 1.50 bits per heavy atom. The van der Waals surface area contributed by atoms with Crippen LogP contribution in [0.4, 0.5) is 0 Å². The highest BCUT2D eigenvalue weighted by Crippen LogP contribution is 1.95. The summed E-state index contributed by atoms with van der Waals surface area (Å²) >= 11 is 0. The number of rotatable bonds is 3. The monoisotopic (exact) mass is 133 g/mol. The number of pyridine rings is 1. The van der Waals surface area contributed by atoms with Gasteiger partial charge in [0.25, 0.3) is 0 Å². The van der Waals surface area contributed by atoms with Crippen LogP contribution in [0.15, 0.2) is 24.4 Å². The van der Waals surface area contributed by atoms with Crippen LogP contribution >= 0.6 is 0 Å². The fourth-order valence-corrected chi connectivity index (χ4v) is 0.758. The molecule has 0 bridgehead atoms. The van der Waals surface area contributed by atoms with Crippen LogP contribution in [0.1, 0.15) is 12.1 Å². The highest BCUT2D eigenvalue weighted by atomic mass is 14.7. The summed E-state index contributed by atoms with van der Waals surface area (Å²) in [5, 5.41) is 8.37. The van der Waals surface area contributed by atoms with Crippen LogP contribution in [0, 0.1) is 0 Å². The molecule has 1 rings (SSSR count). The molecule has 0 unspecified atom stereocenters. The summed E-state index contributed by atoms with van der Waals surface area (Å²) in [7, 11) is 0. The van der Waals surface area contributed by atoms with Crippen molar-refractivity contribution in [1.82, 2.24) is 4.98 Å². The lowest BCUT2D eigenvalue weighted by Crippen LogP contribution is -1.87. The predicted octanol–water partition coefficient (Wildman–Crippen LogP) is 1.65. The van der Waals surface area contributed by atoms with Crippen molar-refractivity contribution in [2.75, 3.05) is 0 Å². The first-order chi connectivity index (χ1) is 4.93. The molecule has 1 heterocycles. The molecule has 0 aromatic carbocycles. The Morgan fingerprint density at radius 2 is 2.40 bits per heavy atom. The Labute approximate surface area is 60.4 Å². The van der Waals surface area contributed by atoms with Crippen molar-refractivity contribution in [3.05, 3.63) is 35.5 Å². The van der Waals surface area contributed by atoms with E-state index in [-0.39, 0.29) is 0 Å². The first-order valence-electron chi connectivity index (χ1n) is 3.29. The van der Waals surface area contributed by atoms with Gasteiger partial charge in [-0.25, -0.2) is 6.21 Å². The van der Waals surface area contributed by atoms with E-state index in [1.54, 1.807) is 6.20 Å². The van der Waals surface area contributed by atoms with Crippen LogP contribution in [0.25, 0.3) is 5.41 Å². The van der Waals surface area contributed by atoms with Crippen molar-refractivity contribution >= 4 is 6.21 Å². The molecule has 2 nitrogen and oxygen atoms in total. The van der Waals surface area contributed by atoms with Gasteiger partial charge in [0.05, 0.1) is 0 Å². The normalized spacial score (nSPS) is 9.20. The summed E-state index contributed by atoms with van der Waals surface area (Å²) in [5.41, 5.74) is 1.02. The van der Waals surface area contributed by atoms with Crippen LogP contribution in [-0.4, -0.2) is 11.2 Å². The molecule has 0 N–H and O–H groups in total. The lowest BCUT2D eigenvalue weighted by molar-refractivity contribution is 0.986. The second kappa shape index (κ2) is 3.77. The van der Waals surface area contributed by atoms with E-state index in [4.69, 9.17) is 5.41 Å². The van der Waals surface area contributed by atoms with Crippen LogP contribution in [0.3, 0.4) is 0 Å².